The number of fused-ring (bicyclic) bond motifs is 1. The Morgan fingerprint density at radius 3 is 2.61 bits per heavy atom. The van der Waals surface area contributed by atoms with Crippen molar-refractivity contribution >= 4 is 10.8 Å². The van der Waals surface area contributed by atoms with Gasteiger partial charge in [0.05, 0.1) is 19.0 Å². The summed E-state index contributed by atoms with van der Waals surface area (Å²) in [5, 5.41) is 6.15. The van der Waals surface area contributed by atoms with Crippen molar-refractivity contribution in [3.63, 3.8) is 0 Å². The molecule has 0 saturated carbocycles. The van der Waals surface area contributed by atoms with Gasteiger partial charge in [-0.1, -0.05) is 42.5 Å². The van der Waals surface area contributed by atoms with E-state index < -0.39 is 0 Å². The Bertz CT molecular complexity index is 1080. The van der Waals surface area contributed by atoms with Crippen LogP contribution in [0.3, 0.4) is 0 Å². The number of aromatic nitrogens is 2. The fourth-order valence-corrected chi connectivity index (χ4v) is 3.37. The van der Waals surface area contributed by atoms with Gasteiger partial charge in [0.25, 0.3) is 0 Å². The molecule has 140 valence electrons. The number of nitrogens with zero attached hydrogens (tertiary/aromatic N) is 2. The van der Waals surface area contributed by atoms with Crippen LogP contribution in [0.5, 0.6) is 5.75 Å². The third kappa shape index (κ3) is 3.87. The average molecular weight is 369 g/mol. The Labute approximate surface area is 165 Å². The number of hydrogen-bond donors (Lipinski definition) is 1. The first-order chi connectivity index (χ1) is 13.7. The topological polar surface area (TPSA) is 47.0 Å². The van der Waals surface area contributed by atoms with E-state index >= 15 is 0 Å². The predicted molar refractivity (Wildman–Crippen MR) is 113 cm³/mol. The van der Waals surface area contributed by atoms with Crippen molar-refractivity contribution in [1.29, 1.82) is 0 Å². The predicted octanol–water partition coefficient (Wildman–Crippen LogP) is 5.16. The van der Waals surface area contributed by atoms with E-state index in [1.54, 1.807) is 25.7 Å². The molecule has 3 aromatic carbocycles. The molecule has 0 aliphatic heterocycles. The fourth-order valence-electron chi connectivity index (χ4n) is 3.37. The third-order valence-electron chi connectivity index (χ3n) is 4.99. The molecule has 0 bridgehead atoms. The Hall–Kier alpha value is -3.24. The van der Waals surface area contributed by atoms with Gasteiger partial charge in [-0.15, -0.1) is 0 Å². The normalized spacial score (nSPS) is 12.1. The van der Waals surface area contributed by atoms with Gasteiger partial charge in [0, 0.05) is 30.5 Å². The van der Waals surface area contributed by atoms with Crippen LogP contribution in [0.25, 0.3) is 22.0 Å². The molecule has 0 saturated heterocycles. The van der Waals surface area contributed by atoms with Crippen molar-refractivity contribution in [1.82, 2.24) is 15.3 Å². The highest BCUT2D eigenvalue weighted by molar-refractivity contribution is 5.83. The second kappa shape index (κ2) is 8.19. The fraction of sp³-hybridized carbons (Fsp3) is 0.167. The van der Waals surface area contributed by atoms with Gasteiger partial charge >= 0.3 is 0 Å². The number of ether oxygens (including phenoxy) is 1. The number of hydrogen-bond acceptors (Lipinski definition) is 4. The van der Waals surface area contributed by atoms with Gasteiger partial charge in [-0.05, 0) is 47.0 Å². The molecule has 0 aliphatic carbocycles. The van der Waals surface area contributed by atoms with E-state index in [0.29, 0.717) is 0 Å². The molecular formula is C24H23N3O. The molecule has 0 aliphatic rings. The molecule has 0 radical (unpaired) electrons. The Morgan fingerprint density at radius 2 is 1.82 bits per heavy atom. The van der Waals surface area contributed by atoms with Gasteiger partial charge in [0.1, 0.15) is 5.75 Å². The molecular weight excluding hydrogens is 346 g/mol. The van der Waals surface area contributed by atoms with E-state index in [0.717, 1.165) is 23.6 Å². The van der Waals surface area contributed by atoms with Gasteiger partial charge in [-0.3, -0.25) is 9.97 Å². The largest absolute Gasteiger partial charge is 0.496 e. The third-order valence-corrected chi connectivity index (χ3v) is 4.99. The first-order valence-electron chi connectivity index (χ1n) is 9.40. The van der Waals surface area contributed by atoms with Crippen molar-refractivity contribution in [3.05, 3.63) is 90.4 Å². The van der Waals surface area contributed by atoms with Gasteiger partial charge in [0.2, 0.25) is 0 Å². The van der Waals surface area contributed by atoms with Crippen LogP contribution in [0, 0.1) is 0 Å². The van der Waals surface area contributed by atoms with Gasteiger partial charge in [0.15, 0.2) is 0 Å². The minimum atomic E-state index is 0.242. The van der Waals surface area contributed by atoms with Crippen molar-refractivity contribution in [2.24, 2.45) is 0 Å². The lowest BCUT2D eigenvalue weighted by molar-refractivity contribution is 0.416. The molecule has 4 rings (SSSR count). The summed E-state index contributed by atoms with van der Waals surface area (Å²) >= 11 is 0. The highest BCUT2D eigenvalue weighted by Gasteiger charge is 2.10. The highest BCUT2D eigenvalue weighted by Crippen LogP contribution is 2.29. The molecule has 0 unspecified atom stereocenters. The van der Waals surface area contributed by atoms with Crippen LogP contribution in [0.1, 0.15) is 24.1 Å². The van der Waals surface area contributed by atoms with Gasteiger partial charge in [-0.25, -0.2) is 0 Å². The van der Waals surface area contributed by atoms with Crippen molar-refractivity contribution in [3.8, 4) is 17.0 Å². The van der Waals surface area contributed by atoms with E-state index in [2.05, 4.69) is 76.8 Å². The van der Waals surface area contributed by atoms with E-state index in [4.69, 9.17) is 4.74 Å². The van der Waals surface area contributed by atoms with Crippen LogP contribution in [-0.4, -0.2) is 17.1 Å². The highest BCUT2D eigenvalue weighted by atomic mass is 16.5. The molecule has 1 aromatic heterocycles. The first kappa shape index (κ1) is 18.1. The molecule has 0 spiro atoms. The maximum Gasteiger partial charge on any atom is 0.128 e. The van der Waals surface area contributed by atoms with Crippen LogP contribution >= 0.6 is 0 Å². The lowest BCUT2D eigenvalue weighted by atomic mass is 10.0. The summed E-state index contributed by atoms with van der Waals surface area (Å²) in [5.74, 6) is 0.798. The van der Waals surface area contributed by atoms with Crippen molar-refractivity contribution in [2.45, 2.75) is 19.5 Å². The van der Waals surface area contributed by atoms with Crippen LogP contribution < -0.4 is 10.1 Å². The standard InChI is InChI=1S/C24H23N3O/c1-17(20-9-8-19-5-3-4-6-21(19)14-20)27-15-18-7-10-24(28-2)22(13-18)23-16-25-11-12-26-23/h3-14,16-17,27H,15H2,1-2H3/t17-/m1/s1. The molecule has 1 heterocycles. The van der Waals surface area contributed by atoms with Crippen molar-refractivity contribution in [2.75, 3.05) is 7.11 Å². The Balaban J connectivity index is 1.52. The van der Waals surface area contributed by atoms with Gasteiger partial charge in [-0.2, -0.15) is 0 Å². The van der Waals surface area contributed by atoms with Crippen LogP contribution in [0.15, 0.2) is 79.3 Å². The monoisotopic (exact) mass is 369 g/mol. The molecule has 4 aromatic rings. The average Bonchev–Trinajstić information content (AvgIpc) is 2.77. The van der Waals surface area contributed by atoms with E-state index in [-0.39, 0.29) is 6.04 Å². The SMILES string of the molecule is COc1ccc(CN[C@H](C)c2ccc3ccccc3c2)cc1-c1cnccn1. The second-order valence-corrected chi connectivity index (χ2v) is 6.83. The van der Waals surface area contributed by atoms with Crippen LogP contribution in [-0.2, 0) is 6.54 Å². The minimum absolute atomic E-state index is 0.242. The van der Waals surface area contributed by atoms with Crippen LogP contribution in [0.4, 0.5) is 0 Å². The quantitative estimate of drug-likeness (QED) is 0.510. The second-order valence-electron chi connectivity index (χ2n) is 6.83. The smallest absolute Gasteiger partial charge is 0.128 e. The zero-order chi connectivity index (χ0) is 19.3. The maximum atomic E-state index is 5.50. The zero-order valence-corrected chi connectivity index (χ0v) is 16.1. The van der Waals surface area contributed by atoms with Crippen molar-refractivity contribution < 1.29 is 4.74 Å². The minimum Gasteiger partial charge on any atom is -0.496 e. The Kier molecular flexibility index (Phi) is 5.31. The number of benzene rings is 3. The summed E-state index contributed by atoms with van der Waals surface area (Å²) in [7, 11) is 1.68. The van der Waals surface area contributed by atoms with E-state index in [9.17, 15) is 0 Å². The Morgan fingerprint density at radius 1 is 0.964 bits per heavy atom. The summed E-state index contributed by atoms with van der Waals surface area (Å²) in [6.07, 6.45) is 5.13. The summed E-state index contributed by atoms with van der Waals surface area (Å²) in [5.41, 5.74) is 4.22. The summed E-state index contributed by atoms with van der Waals surface area (Å²) in [6.45, 7) is 2.95. The summed E-state index contributed by atoms with van der Waals surface area (Å²) < 4.78 is 5.50. The van der Waals surface area contributed by atoms with E-state index in [1.165, 1.54) is 21.9 Å². The molecule has 1 N–H and O–H groups in total. The summed E-state index contributed by atoms with van der Waals surface area (Å²) in [6, 6.07) is 21.5. The van der Waals surface area contributed by atoms with E-state index in [1.807, 2.05) is 6.07 Å². The molecule has 28 heavy (non-hydrogen) atoms. The number of nitrogens with one attached hydrogen (secondary N) is 1. The maximum absolute atomic E-state index is 5.50. The van der Waals surface area contributed by atoms with Gasteiger partial charge < -0.3 is 10.1 Å². The van der Waals surface area contributed by atoms with Crippen LogP contribution in [0.2, 0.25) is 0 Å². The molecule has 1 atom stereocenters. The molecule has 0 fully saturated rings. The molecule has 4 nitrogen and oxygen atoms in total. The first-order valence-corrected chi connectivity index (χ1v) is 9.40. The number of methoxy groups -OCH3 is 1. The molecule has 0 amide bonds. The zero-order valence-electron chi connectivity index (χ0n) is 16.1. The lowest BCUT2D eigenvalue weighted by Crippen LogP contribution is -2.18. The molecule has 4 heteroatoms. The number of rotatable bonds is 6. The lowest BCUT2D eigenvalue weighted by Gasteiger charge is -2.16. The summed E-state index contributed by atoms with van der Waals surface area (Å²) in [4.78, 5) is 8.58.